The van der Waals surface area contributed by atoms with Gasteiger partial charge < -0.3 is 10.1 Å². The van der Waals surface area contributed by atoms with Crippen LogP contribution < -0.4 is 5.73 Å². The number of hydrogen-bond acceptors (Lipinski definition) is 3. The number of halogens is 1. The molecule has 6 nitrogen and oxygen atoms in total. The Morgan fingerprint density at radius 2 is 2.08 bits per heavy atom. The number of rotatable bonds is 3. The zero-order chi connectivity index (χ0) is 16.8. The number of alkyl halides is 1. The Bertz CT molecular complexity index is 1100. The van der Waals surface area contributed by atoms with Gasteiger partial charge in [0, 0.05) is 36.0 Å². The number of nitrogens with two attached hydrogens (primary N) is 1. The minimum Gasteiger partial charge on any atom is -0.366 e. The fourth-order valence-electron chi connectivity index (χ4n) is 2.88. The minimum atomic E-state index is -0.455. The van der Waals surface area contributed by atoms with Crippen molar-refractivity contribution >= 4 is 34.1 Å². The second kappa shape index (κ2) is 5.35. The van der Waals surface area contributed by atoms with Crippen LogP contribution in [-0.2, 0) is 12.9 Å². The average Bonchev–Trinajstić information content (AvgIpc) is 3.14. The molecule has 0 unspecified atom stereocenters. The monoisotopic (exact) mass is 339 g/mol. The minimum absolute atomic E-state index is 0.367. The number of hydrogen-bond donors (Lipinski definition) is 1. The standard InChI is InChI=1S/C17H14ClN5O/c1-22-14-4-2-10(17(19)24)6-13(14)16(21-22)11-3-5-15-20-12(7-18)9-23(15)8-11/h2-6,8-9H,7H2,1H3,(H2,19,24). The number of amides is 1. The second-order valence-electron chi connectivity index (χ2n) is 5.62. The summed E-state index contributed by atoms with van der Waals surface area (Å²) in [7, 11) is 1.87. The van der Waals surface area contributed by atoms with Gasteiger partial charge >= 0.3 is 0 Å². The predicted octanol–water partition coefficient (Wildman–Crippen LogP) is 2.73. The van der Waals surface area contributed by atoms with Gasteiger partial charge in [-0.15, -0.1) is 11.6 Å². The van der Waals surface area contributed by atoms with E-state index in [0.717, 1.165) is 33.5 Å². The molecule has 1 amide bonds. The van der Waals surface area contributed by atoms with Crippen LogP contribution >= 0.6 is 11.6 Å². The van der Waals surface area contributed by atoms with E-state index in [9.17, 15) is 4.79 Å². The van der Waals surface area contributed by atoms with Crippen molar-refractivity contribution in [2.45, 2.75) is 5.88 Å². The van der Waals surface area contributed by atoms with Crippen molar-refractivity contribution in [1.29, 1.82) is 0 Å². The fourth-order valence-corrected chi connectivity index (χ4v) is 3.01. The third-order valence-corrected chi connectivity index (χ3v) is 4.32. The van der Waals surface area contributed by atoms with Gasteiger partial charge in [0.15, 0.2) is 0 Å². The Morgan fingerprint density at radius 1 is 1.25 bits per heavy atom. The SMILES string of the molecule is Cn1nc(-c2ccc3nc(CCl)cn3c2)c2cc(C(N)=O)ccc21. The number of aromatic nitrogens is 4. The van der Waals surface area contributed by atoms with Crippen LogP contribution in [0.3, 0.4) is 0 Å². The van der Waals surface area contributed by atoms with E-state index in [1.54, 1.807) is 16.8 Å². The fraction of sp³-hybridized carbons (Fsp3) is 0.118. The number of aryl methyl sites for hydroxylation is 1. The molecule has 3 heterocycles. The first-order valence-corrected chi connectivity index (χ1v) is 7.91. The van der Waals surface area contributed by atoms with E-state index in [4.69, 9.17) is 17.3 Å². The first kappa shape index (κ1) is 14.7. The van der Waals surface area contributed by atoms with Gasteiger partial charge in [-0.2, -0.15) is 5.10 Å². The molecule has 0 saturated heterocycles. The van der Waals surface area contributed by atoms with Crippen LogP contribution in [0.2, 0.25) is 0 Å². The molecule has 0 radical (unpaired) electrons. The van der Waals surface area contributed by atoms with Crippen molar-refractivity contribution in [2.75, 3.05) is 0 Å². The quantitative estimate of drug-likeness (QED) is 0.583. The Balaban J connectivity index is 1.94. The van der Waals surface area contributed by atoms with E-state index in [1.807, 2.05) is 42.0 Å². The van der Waals surface area contributed by atoms with Gasteiger partial charge in [-0.05, 0) is 30.3 Å². The van der Waals surface area contributed by atoms with Crippen LogP contribution in [0, 0.1) is 0 Å². The summed E-state index contributed by atoms with van der Waals surface area (Å²) < 4.78 is 3.71. The molecule has 4 aromatic rings. The first-order valence-electron chi connectivity index (χ1n) is 7.37. The van der Waals surface area contributed by atoms with Crippen molar-refractivity contribution in [3.05, 3.63) is 54.0 Å². The lowest BCUT2D eigenvalue weighted by molar-refractivity contribution is 0.100. The van der Waals surface area contributed by atoms with E-state index in [1.165, 1.54) is 0 Å². The molecule has 0 aliphatic carbocycles. The molecule has 7 heteroatoms. The molecular weight excluding hydrogens is 326 g/mol. The summed E-state index contributed by atoms with van der Waals surface area (Å²) in [6, 6.07) is 9.22. The second-order valence-corrected chi connectivity index (χ2v) is 5.88. The maximum absolute atomic E-state index is 11.5. The van der Waals surface area contributed by atoms with Crippen LogP contribution in [0.1, 0.15) is 16.1 Å². The van der Waals surface area contributed by atoms with Gasteiger partial charge in [0.25, 0.3) is 0 Å². The summed E-state index contributed by atoms with van der Waals surface area (Å²) in [6.07, 6.45) is 3.85. The summed E-state index contributed by atoms with van der Waals surface area (Å²) in [5, 5.41) is 5.48. The average molecular weight is 340 g/mol. The highest BCUT2D eigenvalue weighted by molar-refractivity contribution is 6.16. The molecule has 0 aliphatic rings. The first-order chi connectivity index (χ1) is 11.6. The van der Waals surface area contributed by atoms with Crippen LogP contribution in [0.5, 0.6) is 0 Å². The molecular formula is C17H14ClN5O. The molecule has 0 fully saturated rings. The molecule has 24 heavy (non-hydrogen) atoms. The molecule has 0 spiro atoms. The number of primary amides is 1. The molecule has 2 N–H and O–H groups in total. The normalized spacial score (nSPS) is 11.4. The van der Waals surface area contributed by atoms with Gasteiger partial charge in [-0.1, -0.05) is 0 Å². The number of carbonyl (C=O) groups is 1. The predicted molar refractivity (Wildman–Crippen MR) is 93.0 cm³/mol. The Kier molecular flexibility index (Phi) is 3.28. The Morgan fingerprint density at radius 3 is 2.83 bits per heavy atom. The molecule has 0 aliphatic heterocycles. The summed E-state index contributed by atoms with van der Waals surface area (Å²) in [6.45, 7) is 0. The van der Waals surface area contributed by atoms with E-state index < -0.39 is 5.91 Å². The van der Waals surface area contributed by atoms with Gasteiger partial charge in [-0.3, -0.25) is 9.48 Å². The zero-order valence-electron chi connectivity index (χ0n) is 12.9. The van der Waals surface area contributed by atoms with Crippen LogP contribution in [0.4, 0.5) is 0 Å². The number of imidazole rings is 1. The highest BCUT2D eigenvalue weighted by Crippen LogP contribution is 2.28. The Labute approximate surface area is 142 Å². The van der Waals surface area contributed by atoms with Crippen molar-refractivity contribution in [2.24, 2.45) is 12.8 Å². The molecule has 1 aromatic carbocycles. The van der Waals surface area contributed by atoms with Gasteiger partial charge in [0.1, 0.15) is 11.3 Å². The molecule has 4 rings (SSSR count). The highest BCUT2D eigenvalue weighted by Gasteiger charge is 2.14. The topological polar surface area (TPSA) is 78.2 Å². The number of fused-ring (bicyclic) bond motifs is 2. The van der Waals surface area contributed by atoms with Crippen molar-refractivity contribution < 1.29 is 4.79 Å². The Hall–Kier alpha value is -2.86. The third-order valence-electron chi connectivity index (χ3n) is 4.05. The van der Waals surface area contributed by atoms with Gasteiger partial charge in [0.2, 0.25) is 5.91 Å². The maximum atomic E-state index is 11.5. The summed E-state index contributed by atoms with van der Waals surface area (Å²) >= 11 is 5.85. The summed E-state index contributed by atoms with van der Waals surface area (Å²) in [4.78, 5) is 15.9. The molecule has 3 aromatic heterocycles. The van der Waals surface area contributed by atoms with Crippen molar-refractivity contribution in [3.8, 4) is 11.3 Å². The third kappa shape index (κ3) is 2.23. The smallest absolute Gasteiger partial charge is 0.248 e. The lowest BCUT2D eigenvalue weighted by atomic mass is 10.1. The number of benzene rings is 1. The maximum Gasteiger partial charge on any atom is 0.248 e. The van der Waals surface area contributed by atoms with E-state index in [-0.39, 0.29) is 0 Å². The molecule has 0 bridgehead atoms. The lowest BCUT2D eigenvalue weighted by Gasteiger charge is -2.01. The number of carbonyl (C=O) groups excluding carboxylic acids is 1. The largest absolute Gasteiger partial charge is 0.366 e. The lowest BCUT2D eigenvalue weighted by Crippen LogP contribution is -2.10. The summed E-state index contributed by atoms with van der Waals surface area (Å²) in [5.41, 5.74) is 10.2. The van der Waals surface area contributed by atoms with Gasteiger partial charge in [0.05, 0.1) is 17.1 Å². The van der Waals surface area contributed by atoms with Crippen LogP contribution in [0.15, 0.2) is 42.7 Å². The highest BCUT2D eigenvalue weighted by atomic mass is 35.5. The number of nitrogens with zero attached hydrogens (tertiary/aromatic N) is 4. The van der Waals surface area contributed by atoms with Crippen molar-refractivity contribution in [3.63, 3.8) is 0 Å². The van der Waals surface area contributed by atoms with Crippen molar-refractivity contribution in [1.82, 2.24) is 19.2 Å². The van der Waals surface area contributed by atoms with Crippen LogP contribution in [-0.4, -0.2) is 25.1 Å². The molecule has 0 saturated carbocycles. The van der Waals surface area contributed by atoms with E-state index in [2.05, 4.69) is 10.1 Å². The van der Waals surface area contributed by atoms with Gasteiger partial charge in [-0.25, -0.2) is 4.98 Å². The molecule has 0 atom stereocenters. The van der Waals surface area contributed by atoms with E-state index in [0.29, 0.717) is 11.4 Å². The summed E-state index contributed by atoms with van der Waals surface area (Å²) in [5.74, 6) is -0.0885. The number of pyridine rings is 1. The molecule has 120 valence electrons. The zero-order valence-corrected chi connectivity index (χ0v) is 13.7. The van der Waals surface area contributed by atoms with Crippen LogP contribution in [0.25, 0.3) is 27.8 Å². The van der Waals surface area contributed by atoms with E-state index >= 15 is 0 Å².